The van der Waals surface area contributed by atoms with Gasteiger partial charge in [0.05, 0.1) is 46.8 Å². The summed E-state index contributed by atoms with van der Waals surface area (Å²) in [4.78, 5) is 0. The molecule has 0 aliphatic carbocycles. The fourth-order valence-electron chi connectivity index (χ4n) is 4.18. The normalized spacial score (nSPS) is 26.1. The summed E-state index contributed by atoms with van der Waals surface area (Å²) in [6.07, 6.45) is -0.317. The van der Waals surface area contributed by atoms with E-state index in [4.69, 9.17) is 23.7 Å². The van der Waals surface area contributed by atoms with Gasteiger partial charge < -0.3 is 33.9 Å². The highest BCUT2D eigenvalue weighted by Crippen LogP contribution is 2.52. The Morgan fingerprint density at radius 3 is 1.79 bits per heavy atom. The van der Waals surface area contributed by atoms with Gasteiger partial charge in [0.25, 0.3) is 0 Å². The molecule has 28 heavy (non-hydrogen) atoms. The Bertz CT molecular complexity index is 841. The van der Waals surface area contributed by atoms with Crippen LogP contribution in [0.5, 0.6) is 28.7 Å². The molecular formula is C21H24O7. The zero-order valence-corrected chi connectivity index (χ0v) is 16.0. The number of phenolic OH excluding ortho intramolecular Hbond substituents is 2. The minimum Gasteiger partial charge on any atom is -0.504 e. The zero-order valence-electron chi connectivity index (χ0n) is 16.0. The average molecular weight is 388 g/mol. The van der Waals surface area contributed by atoms with Crippen LogP contribution in [0.3, 0.4) is 0 Å². The Balaban J connectivity index is 1.61. The largest absolute Gasteiger partial charge is 0.504 e. The molecule has 7 heteroatoms. The standard InChI is InChI=1S/C21H24O7/c1-24-16-6-11(4-5-15(16)22)20-13-9-28-21(14(13)10-27-20)12-7-17(25-2)19(23)18(8-12)26-3/h4-8,13-14,20-23H,9-10H2,1-3H3/t13-,14-,20-,21-/m1/s1. The van der Waals surface area contributed by atoms with Crippen molar-refractivity contribution in [1.29, 1.82) is 0 Å². The number of hydrogen-bond acceptors (Lipinski definition) is 7. The molecule has 0 radical (unpaired) electrons. The lowest BCUT2D eigenvalue weighted by Crippen LogP contribution is -2.14. The number of methoxy groups -OCH3 is 3. The van der Waals surface area contributed by atoms with Crippen LogP contribution in [-0.4, -0.2) is 44.8 Å². The molecule has 2 N–H and O–H groups in total. The van der Waals surface area contributed by atoms with E-state index in [0.29, 0.717) is 30.5 Å². The van der Waals surface area contributed by atoms with E-state index in [0.717, 1.165) is 11.1 Å². The Morgan fingerprint density at radius 2 is 1.25 bits per heavy atom. The lowest BCUT2D eigenvalue weighted by atomic mass is 9.85. The van der Waals surface area contributed by atoms with Crippen LogP contribution in [0.1, 0.15) is 23.3 Å². The van der Waals surface area contributed by atoms with Crippen LogP contribution in [0.2, 0.25) is 0 Å². The summed E-state index contributed by atoms with van der Waals surface area (Å²) in [5.41, 5.74) is 1.83. The molecule has 4 atom stereocenters. The first-order valence-corrected chi connectivity index (χ1v) is 9.12. The first-order chi connectivity index (χ1) is 13.6. The van der Waals surface area contributed by atoms with Crippen LogP contribution >= 0.6 is 0 Å². The Morgan fingerprint density at radius 1 is 0.750 bits per heavy atom. The van der Waals surface area contributed by atoms with Crippen molar-refractivity contribution in [2.75, 3.05) is 34.5 Å². The minimum absolute atomic E-state index is 0.0277. The fourth-order valence-corrected chi connectivity index (χ4v) is 4.18. The molecule has 150 valence electrons. The van der Waals surface area contributed by atoms with Crippen molar-refractivity contribution >= 4 is 0 Å². The fraction of sp³-hybridized carbons (Fsp3) is 0.429. The lowest BCUT2D eigenvalue weighted by molar-refractivity contribution is 0.0191. The Kier molecular flexibility index (Phi) is 4.95. The molecule has 2 aromatic carbocycles. The van der Waals surface area contributed by atoms with Crippen LogP contribution in [0.4, 0.5) is 0 Å². The molecule has 0 saturated carbocycles. The Hall–Kier alpha value is -2.64. The average Bonchev–Trinajstić information content (AvgIpc) is 3.31. The van der Waals surface area contributed by atoms with Gasteiger partial charge >= 0.3 is 0 Å². The van der Waals surface area contributed by atoms with Gasteiger partial charge in [-0.25, -0.2) is 0 Å². The van der Waals surface area contributed by atoms with Gasteiger partial charge in [0, 0.05) is 11.8 Å². The van der Waals surface area contributed by atoms with Crippen molar-refractivity contribution in [2.45, 2.75) is 12.2 Å². The topological polar surface area (TPSA) is 86.6 Å². The summed E-state index contributed by atoms with van der Waals surface area (Å²) in [6.45, 7) is 1.10. The van der Waals surface area contributed by atoms with E-state index in [9.17, 15) is 10.2 Å². The molecule has 0 spiro atoms. The van der Waals surface area contributed by atoms with Gasteiger partial charge in [0.1, 0.15) is 0 Å². The Labute approximate surface area is 163 Å². The first kappa shape index (κ1) is 18.7. The summed E-state index contributed by atoms with van der Waals surface area (Å²) in [5.74, 6) is 1.52. The number of hydrogen-bond donors (Lipinski definition) is 2. The molecule has 2 fully saturated rings. The van der Waals surface area contributed by atoms with Crippen LogP contribution in [-0.2, 0) is 9.47 Å². The summed E-state index contributed by atoms with van der Waals surface area (Å²) in [5, 5.41) is 20.0. The van der Waals surface area contributed by atoms with E-state index in [1.165, 1.54) is 21.3 Å². The summed E-state index contributed by atoms with van der Waals surface area (Å²) >= 11 is 0. The second-order valence-corrected chi connectivity index (χ2v) is 7.04. The summed E-state index contributed by atoms with van der Waals surface area (Å²) < 4.78 is 28.0. The van der Waals surface area contributed by atoms with E-state index < -0.39 is 0 Å². The number of aromatic hydroxyl groups is 2. The van der Waals surface area contributed by atoms with E-state index >= 15 is 0 Å². The van der Waals surface area contributed by atoms with E-state index in [-0.39, 0.29) is 35.5 Å². The number of phenols is 2. The lowest BCUT2D eigenvalue weighted by Gasteiger charge is -2.19. The summed E-state index contributed by atoms with van der Waals surface area (Å²) in [7, 11) is 4.53. The molecule has 7 nitrogen and oxygen atoms in total. The molecule has 0 aromatic heterocycles. The van der Waals surface area contributed by atoms with Crippen molar-refractivity contribution in [1.82, 2.24) is 0 Å². The summed E-state index contributed by atoms with van der Waals surface area (Å²) in [6, 6.07) is 8.84. The quantitative estimate of drug-likeness (QED) is 0.813. The molecule has 2 aliphatic heterocycles. The van der Waals surface area contributed by atoms with E-state index in [1.807, 2.05) is 12.1 Å². The maximum Gasteiger partial charge on any atom is 0.200 e. The van der Waals surface area contributed by atoms with Crippen LogP contribution < -0.4 is 14.2 Å². The number of ether oxygens (including phenoxy) is 5. The highest BCUT2D eigenvalue weighted by Gasteiger charge is 2.48. The second kappa shape index (κ2) is 7.41. The molecule has 2 saturated heterocycles. The molecule has 2 aromatic rings. The highest BCUT2D eigenvalue weighted by atomic mass is 16.5. The highest BCUT2D eigenvalue weighted by molar-refractivity contribution is 5.53. The van der Waals surface area contributed by atoms with Crippen molar-refractivity contribution in [3.05, 3.63) is 41.5 Å². The van der Waals surface area contributed by atoms with Gasteiger partial charge in [-0.1, -0.05) is 6.07 Å². The first-order valence-electron chi connectivity index (χ1n) is 9.12. The predicted octanol–water partition coefficient (Wildman–Crippen LogP) is 3.20. The maximum absolute atomic E-state index is 10.2. The monoisotopic (exact) mass is 388 g/mol. The molecule has 4 rings (SSSR count). The minimum atomic E-state index is -0.183. The van der Waals surface area contributed by atoms with Crippen molar-refractivity contribution < 1.29 is 33.9 Å². The molecule has 0 bridgehead atoms. The third kappa shape index (κ3) is 3.00. The zero-order chi connectivity index (χ0) is 19.8. The molecule has 2 heterocycles. The molecule has 0 unspecified atom stereocenters. The third-order valence-electron chi connectivity index (χ3n) is 5.63. The third-order valence-corrected chi connectivity index (χ3v) is 5.63. The number of benzene rings is 2. The smallest absolute Gasteiger partial charge is 0.200 e. The number of fused-ring (bicyclic) bond motifs is 1. The van der Waals surface area contributed by atoms with Gasteiger partial charge in [-0.15, -0.1) is 0 Å². The number of rotatable bonds is 5. The van der Waals surface area contributed by atoms with E-state index in [1.54, 1.807) is 18.2 Å². The van der Waals surface area contributed by atoms with Crippen LogP contribution in [0.25, 0.3) is 0 Å². The predicted molar refractivity (Wildman–Crippen MR) is 100 cm³/mol. The van der Waals surface area contributed by atoms with Gasteiger partial charge in [0.2, 0.25) is 5.75 Å². The SMILES string of the molecule is COc1cc([C@H]2OC[C@@H]3[C@H]2CO[C@@H]3c2cc(OC)c(O)c(OC)c2)ccc1O. The van der Waals surface area contributed by atoms with Gasteiger partial charge in [-0.2, -0.15) is 0 Å². The van der Waals surface area contributed by atoms with Gasteiger partial charge in [0.15, 0.2) is 23.0 Å². The van der Waals surface area contributed by atoms with E-state index in [2.05, 4.69) is 0 Å². The van der Waals surface area contributed by atoms with Gasteiger partial charge in [-0.3, -0.25) is 0 Å². The van der Waals surface area contributed by atoms with Gasteiger partial charge in [-0.05, 0) is 35.4 Å². The van der Waals surface area contributed by atoms with Crippen LogP contribution in [0, 0.1) is 11.8 Å². The molecule has 2 aliphatic rings. The van der Waals surface area contributed by atoms with Crippen molar-refractivity contribution in [2.24, 2.45) is 11.8 Å². The molecular weight excluding hydrogens is 364 g/mol. The van der Waals surface area contributed by atoms with Crippen molar-refractivity contribution in [3.8, 4) is 28.7 Å². The molecule has 0 amide bonds. The van der Waals surface area contributed by atoms with Crippen molar-refractivity contribution in [3.63, 3.8) is 0 Å². The maximum atomic E-state index is 10.2. The van der Waals surface area contributed by atoms with Crippen LogP contribution in [0.15, 0.2) is 30.3 Å². The second-order valence-electron chi connectivity index (χ2n) is 7.04.